The number of hydrogen-bond donors (Lipinski definition) is 1. The molecule has 1 unspecified atom stereocenters. The van der Waals surface area contributed by atoms with Crippen molar-refractivity contribution in [2.24, 2.45) is 0 Å². The van der Waals surface area contributed by atoms with Gasteiger partial charge in [-0.25, -0.2) is 4.79 Å². The van der Waals surface area contributed by atoms with E-state index in [0.29, 0.717) is 6.04 Å². The highest BCUT2D eigenvalue weighted by atomic mass is 31.1. The fraction of sp³-hybridized carbons (Fsp3) is 0.316. The van der Waals surface area contributed by atoms with Gasteiger partial charge in [0, 0.05) is 19.6 Å². The number of rotatable bonds is 4. The summed E-state index contributed by atoms with van der Waals surface area (Å²) in [6.07, 6.45) is 3.24. The Bertz CT molecular complexity index is 593. The van der Waals surface area contributed by atoms with Crippen molar-refractivity contribution in [1.29, 1.82) is 0 Å². The lowest BCUT2D eigenvalue weighted by molar-refractivity contribution is 0.199. The molecule has 0 radical (unpaired) electrons. The van der Waals surface area contributed by atoms with Gasteiger partial charge in [0.15, 0.2) is 0 Å². The molecular weight excluding hydrogens is 303 g/mol. The van der Waals surface area contributed by atoms with Crippen molar-refractivity contribution in [2.75, 3.05) is 19.8 Å². The molecule has 1 aliphatic rings. The van der Waals surface area contributed by atoms with Gasteiger partial charge in [-0.3, -0.25) is 0 Å². The standard InChI is InChI=1S/C19H23N2OP/c1-20-19(22)21-14-8-9-16(21)15-23(17-10-4-2-5-11-17)18-12-6-3-7-13-18/h2-7,10-13,16H,8-9,14-15H2,1H3,(H,20,22). The van der Waals surface area contributed by atoms with Gasteiger partial charge in [-0.1, -0.05) is 60.7 Å². The van der Waals surface area contributed by atoms with Gasteiger partial charge in [-0.05, 0) is 37.5 Å². The molecule has 1 N–H and O–H groups in total. The first kappa shape index (κ1) is 16.0. The molecule has 2 amide bonds. The fourth-order valence-electron chi connectivity index (χ4n) is 3.22. The minimum absolute atomic E-state index is 0.0589. The highest BCUT2D eigenvalue weighted by molar-refractivity contribution is 7.73. The van der Waals surface area contributed by atoms with Crippen LogP contribution in [0.1, 0.15) is 12.8 Å². The third-order valence-corrected chi connectivity index (χ3v) is 7.01. The number of carbonyl (C=O) groups is 1. The zero-order chi connectivity index (χ0) is 16.1. The molecular formula is C19H23N2OP. The lowest BCUT2D eigenvalue weighted by Crippen LogP contribution is -2.43. The maximum absolute atomic E-state index is 12.1. The summed E-state index contributed by atoms with van der Waals surface area (Å²) in [6.45, 7) is 0.872. The van der Waals surface area contributed by atoms with Crippen molar-refractivity contribution in [2.45, 2.75) is 18.9 Å². The molecule has 4 heteroatoms. The van der Waals surface area contributed by atoms with Crippen LogP contribution >= 0.6 is 7.92 Å². The minimum Gasteiger partial charge on any atom is -0.341 e. The van der Waals surface area contributed by atoms with E-state index in [9.17, 15) is 4.79 Å². The van der Waals surface area contributed by atoms with E-state index in [1.807, 2.05) is 4.90 Å². The first-order valence-electron chi connectivity index (χ1n) is 8.15. The minimum atomic E-state index is -0.440. The van der Waals surface area contributed by atoms with Crippen LogP contribution in [0.2, 0.25) is 0 Å². The second-order valence-corrected chi connectivity index (χ2v) is 8.08. The van der Waals surface area contributed by atoms with Gasteiger partial charge in [0.05, 0.1) is 0 Å². The molecule has 0 aliphatic carbocycles. The zero-order valence-corrected chi connectivity index (χ0v) is 14.4. The van der Waals surface area contributed by atoms with Crippen molar-refractivity contribution >= 4 is 24.6 Å². The lowest BCUT2D eigenvalue weighted by atomic mass is 10.2. The van der Waals surface area contributed by atoms with Crippen LogP contribution < -0.4 is 15.9 Å². The van der Waals surface area contributed by atoms with Crippen LogP contribution in [0.15, 0.2) is 60.7 Å². The number of nitrogens with zero attached hydrogens (tertiary/aromatic N) is 1. The second-order valence-electron chi connectivity index (χ2n) is 5.83. The number of urea groups is 1. The van der Waals surface area contributed by atoms with E-state index in [1.54, 1.807) is 7.05 Å². The molecule has 1 aliphatic heterocycles. The quantitative estimate of drug-likeness (QED) is 0.861. The summed E-state index contributed by atoms with van der Waals surface area (Å²) in [6, 6.07) is 21.8. The number of amides is 2. The molecule has 2 aromatic rings. The second kappa shape index (κ2) is 7.61. The van der Waals surface area contributed by atoms with Crippen molar-refractivity contribution in [3.63, 3.8) is 0 Å². The largest absolute Gasteiger partial charge is 0.341 e. The molecule has 3 nitrogen and oxygen atoms in total. The van der Waals surface area contributed by atoms with Gasteiger partial charge < -0.3 is 10.2 Å². The Hall–Kier alpha value is -1.86. The van der Waals surface area contributed by atoms with Crippen molar-refractivity contribution in [1.82, 2.24) is 10.2 Å². The molecule has 1 fully saturated rings. The average molecular weight is 326 g/mol. The topological polar surface area (TPSA) is 32.3 Å². The van der Waals surface area contributed by atoms with Crippen molar-refractivity contribution in [3.8, 4) is 0 Å². The van der Waals surface area contributed by atoms with Gasteiger partial charge in [-0.15, -0.1) is 0 Å². The summed E-state index contributed by atoms with van der Waals surface area (Å²) < 4.78 is 0. The third kappa shape index (κ3) is 3.73. The van der Waals surface area contributed by atoms with E-state index in [0.717, 1.165) is 25.5 Å². The normalized spacial score (nSPS) is 17.5. The Morgan fingerprint density at radius 1 is 1.09 bits per heavy atom. The molecule has 120 valence electrons. The molecule has 23 heavy (non-hydrogen) atoms. The van der Waals surface area contributed by atoms with Crippen molar-refractivity contribution in [3.05, 3.63) is 60.7 Å². The van der Waals surface area contributed by atoms with Gasteiger partial charge in [0.2, 0.25) is 0 Å². The summed E-state index contributed by atoms with van der Waals surface area (Å²) in [5.41, 5.74) is 0. The molecule has 2 aromatic carbocycles. The van der Waals surface area contributed by atoms with E-state index in [2.05, 4.69) is 66.0 Å². The van der Waals surface area contributed by atoms with Crippen LogP contribution in [0, 0.1) is 0 Å². The fourth-order valence-corrected chi connectivity index (χ4v) is 5.81. The molecule has 0 saturated carbocycles. The summed E-state index contributed by atoms with van der Waals surface area (Å²) in [5.74, 6) is 0. The van der Waals surface area contributed by atoms with Gasteiger partial charge >= 0.3 is 6.03 Å². The molecule has 0 aromatic heterocycles. The highest BCUT2D eigenvalue weighted by Gasteiger charge is 2.31. The Labute approximate surface area is 139 Å². The Morgan fingerprint density at radius 3 is 2.17 bits per heavy atom. The monoisotopic (exact) mass is 326 g/mol. The van der Waals surface area contributed by atoms with Gasteiger partial charge in [-0.2, -0.15) is 0 Å². The SMILES string of the molecule is CNC(=O)N1CCCC1CP(c1ccccc1)c1ccccc1. The Kier molecular flexibility index (Phi) is 5.30. The summed E-state index contributed by atoms with van der Waals surface area (Å²) in [5, 5.41) is 5.56. The van der Waals surface area contributed by atoms with Crippen LogP contribution in [-0.2, 0) is 0 Å². The maximum Gasteiger partial charge on any atom is 0.317 e. The van der Waals surface area contributed by atoms with Gasteiger partial charge in [0.25, 0.3) is 0 Å². The molecule has 3 rings (SSSR count). The van der Waals surface area contributed by atoms with Crippen molar-refractivity contribution < 1.29 is 4.79 Å². The lowest BCUT2D eigenvalue weighted by Gasteiger charge is -2.29. The first-order valence-corrected chi connectivity index (χ1v) is 9.68. The Morgan fingerprint density at radius 2 is 1.65 bits per heavy atom. The summed E-state index contributed by atoms with van der Waals surface area (Å²) in [7, 11) is 1.28. The average Bonchev–Trinajstić information content (AvgIpc) is 3.09. The number of benzene rings is 2. The van der Waals surface area contributed by atoms with E-state index in [-0.39, 0.29) is 6.03 Å². The number of carbonyl (C=O) groups excluding carboxylic acids is 1. The number of nitrogens with one attached hydrogen (secondary N) is 1. The first-order chi connectivity index (χ1) is 11.3. The third-order valence-electron chi connectivity index (χ3n) is 4.38. The van der Waals surface area contributed by atoms with E-state index >= 15 is 0 Å². The predicted octanol–water partition coefficient (Wildman–Crippen LogP) is 2.92. The maximum atomic E-state index is 12.1. The number of hydrogen-bond acceptors (Lipinski definition) is 1. The summed E-state index contributed by atoms with van der Waals surface area (Å²) in [4.78, 5) is 14.1. The molecule has 0 spiro atoms. The van der Waals surface area contributed by atoms with Crippen LogP contribution in [0.3, 0.4) is 0 Å². The van der Waals surface area contributed by atoms with E-state index in [4.69, 9.17) is 0 Å². The van der Waals surface area contributed by atoms with Crippen LogP contribution in [0.4, 0.5) is 4.79 Å². The van der Waals surface area contributed by atoms with Crippen LogP contribution in [0.25, 0.3) is 0 Å². The molecule has 1 heterocycles. The van der Waals surface area contributed by atoms with E-state index in [1.165, 1.54) is 10.6 Å². The van der Waals surface area contributed by atoms with E-state index < -0.39 is 7.92 Å². The smallest absolute Gasteiger partial charge is 0.317 e. The van der Waals surface area contributed by atoms with Crippen LogP contribution in [-0.4, -0.2) is 36.7 Å². The highest BCUT2D eigenvalue weighted by Crippen LogP contribution is 2.37. The summed E-state index contributed by atoms with van der Waals surface area (Å²) >= 11 is 0. The molecule has 1 saturated heterocycles. The molecule has 1 atom stereocenters. The zero-order valence-electron chi connectivity index (χ0n) is 13.5. The Balaban J connectivity index is 1.86. The van der Waals surface area contributed by atoms with Crippen LogP contribution in [0.5, 0.6) is 0 Å². The number of likely N-dealkylation sites (tertiary alicyclic amines) is 1. The van der Waals surface area contributed by atoms with Gasteiger partial charge in [0.1, 0.15) is 0 Å². The predicted molar refractivity (Wildman–Crippen MR) is 98.1 cm³/mol. The molecule has 0 bridgehead atoms.